The van der Waals surface area contributed by atoms with Crippen molar-refractivity contribution in [1.29, 1.82) is 0 Å². The number of halogens is 1. The SMILES string of the molecule is [2H]C([2H])Oc1ccc(Cl)nn1. The van der Waals surface area contributed by atoms with Gasteiger partial charge in [-0.15, -0.1) is 10.2 Å². The van der Waals surface area contributed by atoms with Gasteiger partial charge >= 0.3 is 0 Å². The van der Waals surface area contributed by atoms with Crippen LogP contribution in [0.3, 0.4) is 0 Å². The van der Waals surface area contributed by atoms with Crippen LogP contribution in [0.15, 0.2) is 12.1 Å². The Morgan fingerprint density at radius 2 is 2.56 bits per heavy atom. The topological polar surface area (TPSA) is 35.0 Å². The highest BCUT2D eigenvalue weighted by Crippen LogP contribution is 2.06. The third-order valence-corrected chi connectivity index (χ3v) is 0.930. The van der Waals surface area contributed by atoms with Gasteiger partial charge in [-0.05, 0) is 6.07 Å². The van der Waals surface area contributed by atoms with Crippen molar-refractivity contribution in [3.05, 3.63) is 17.3 Å². The van der Waals surface area contributed by atoms with Crippen LogP contribution in [0, 0.1) is 0 Å². The molecule has 3 nitrogen and oxygen atoms in total. The van der Waals surface area contributed by atoms with E-state index in [2.05, 4.69) is 14.9 Å². The number of rotatable bonds is 1. The molecule has 1 heterocycles. The zero-order valence-corrected chi connectivity index (χ0v) is 5.17. The van der Waals surface area contributed by atoms with Crippen LogP contribution in [-0.2, 0) is 0 Å². The van der Waals surface area contributed by atoms with E-state index in [1.54, 1.807) is 0 Å². The highest BCUT2D eigenvalue weighted by atomic mass is 35.5. The lowest BCUT2D eigenvalue weighted by Crippen LogP contribution is -1.88. The Balaban J connectivity index is 2.66. The molecule has 0 radical (unpaired) electrons. The van der Waals surface area contributed by atoms with Crippen molar-refractivity contribution >= 4 is 11.6 Å². The van der Waals surface area contributed by atoms with E-state index in [0.717, 1.165) is 0 Å². The van der Waals surface area contributed by atoms with Gasteiger partial charge in [-0.25, -0.2) is 0 Å². The normalized spacial score (nSPS) is 12.7. The van der Waals surface area contributed by atoms with Gasteiger partial charge in [0.1, 0.15) is 0 Å². The van der Waals surface area contributed by atoms with E-state index in [-0.39, 0.29) is 11.0 Å². The molecule has 0 N–H and O–H groups in total. The molecule has 9 heavy (non-hydrogen) atoms. The van der Waals surface area contributed by atoms with E-state index in [1.165, 1.54) is 12.1 Å². The molecule has 0 spiro atoms. The van der Waals surface area contributed by atoms with Gasteiger partial charge < -0.3 is 4.74 Å². The monoisotopic (exact) mass is 146 g/mol. The van der Waals surface area contributed by atoms with E-state index >= 15 is 0 Å². The first-order valence-corrected chi connectivity index (χ1v) is 2.56. The molecule has 0 aromatic carbocycles. The summed E-state index contributed by atoms with van der Waals surface area (Å²) in [6, 6.07) is 2.93. The molecule has 0 bridgehead atoms. The van der Waals surface area contributed by atoms with Gasteiger partial charge in [0.25, 0.3) is 0 Å². The molecule has 0 aliphatic carbocycles. The molecule has 1 aromatic heterocycles. The predicted molar refractivity (Wildman–Crippen MR) is 33.6 cm³/mol. The maximum Gasteiger partial charge on any atom is 0.233 e. The zero-order chi connectivity index (χ0) is 8.27. The predicted octanol–water partition coefficient (Wildman–Crippen LogP) is 1.14. The van der Waals surface area contributed by atoms with Gasteiger partial charge in [0.2, 0.25) is 5.88 Å². The second kappa shape index (κ2) is 2.64. The van der Waals surface area contributed by atoms with Crippen molar-refractivity contribution < 1.29 is 7.48 Å². The van der Waals surface area contributed by atoms with Gasteiger partial charge in [0.15, 0.2) is 5.15 Å². The largest absolute Gasteiger partial charge is 0.480 e. The minimum absolute atomic E-state index is 0.129. The first-order valence-electron chi connectivity index (χ1n) is 3.34. The molecule has 0 saturated heterocycles. The van der Waals surface area contributed by atoms with Crippen LogP contribution in [0.1, 0.15) is 2.74 Å². The van der Waals surface area contributed by atoms with Crippen LogP contribution >= 0.6 is 11.6 Å². The van der Waals surface area contributed by atoms with E-state index in [0.29, 0.717) is 0 Å². The standard InChI is InChI=1S/C5H5ClN2O/c1-9-5-3-2-4(6)7-8-5/h2-3H,1H3/i1D2. The summed E-state index contributed by atoms with van der Waals surface area (Å²) in [5.41, 5.74) is 0. The van der Waals surface area contributed by atoms with Crippen LogP contribution < -0.4 is 4.74 Å². The molecule has 0 unspecified atom stereocenters. The van der Waals surface area contributed by atoms with Crippen molar-refractivity contribution in [3.63, 3.8) is 0 Å². The second-order valence-electron chi connectivity index (χ2n) is 1.31. The summed E-state index contributed by atoms with van der Waals surface area (Å²) in [6.45, 7) is 0. The van der Waals surface area contributed by atoms with Crippen LogP contribution in [0.2, 0.25) is 5.15 Å². The van der Waals surface area contributed by atoms with Crippen molar-refractivity contribution in [2.75, 3.05) is 7.06 Å². The molecule has 0 saturated carbocycles. The maximum absolute atomic E-state index is 6.71. The molecule has 0 aliphatic rings. The van der Waals surface area contributed by atoms with Crippen LogP contribution in [0.4, 0.5) is 0 Å². The number of methoxy groups -OCH3 is 1. The average molecular weight is 147 g/mol. The molecule has 1 aromatic rings. The number of aromatic nitrogens is 2. The lowest BCUT2D eigenvalue weighted by Gasteiger charge is -1.93. The van der Waals surface area contributed by atoms with Gasteiger partial charge in [-0.2, -0.15) is 0 Å². The molecule has 48 valence electrons. The van der Waals surface area contributed by atoms with Crippen LogP contribution in [-0.4, -0.2) is 17.3 Å². The first-order chi connectivity index (χ1) is 5.18. The molecule has 1 rings (SSSR count). The number of nitrogens with zero attached hydrogens (tertiary/aromatic N) is 2. The zero-order valence-electron chi connectivity index (χ0n) is 6.41. The van der Waals surface area contributed by atoms with Gasteiger partial charge in [-0.3, -0.25) is 0 Å². The molecular formula is C5H5ClN2O. The average Bonchev–Trinajstić information content (AvgIpc) is 1.93. The Kier molecular flexibility index (Phi) is 1.19. The quantitative estimate of drug-likeness (QED) is 0.596. The second-order valence-corrected chi connectivity index (χ2v) is 1.70. The Morgan fingerprint density at radius 1 is 1.67 bits per heavy atom. The molecule has 0 atom stereocenters. The summed E-state index contributed by atoms with van der Waals surface area (Å²) < 4.78 is 18.0. The van der Waals surface area contributed by atoms with E-state index in [9.17, 15) is 0 Å². The fourth-order valence-electron chi connectivity index (χ4n) is 0.367. The van der Waals surface area contributed by atoms with Crippen molar-refractivity contribution in [2.45, 2.75) is 0 Å². The van der Waals surface area contributed by atoms with Gasteiger partial charge in [-0.1, -0.05) is 11.6 Å². The van der Waals surface area contributed by atoms with Crippen LogP contribution in [0.5, 0.6) is 5.88 Å². The molecule has 0 amide bonds. The maximum atomic E-state index is 6.71. The van der Waals surface area contributed by atoms with Crippen molar-refractivity contribution in [2.24, 2.45) is 0 Å². The first kappa shape index (κ1) is 4.06. The fourth-order valence-corrected chi connectivity index (χ4v) is 0.467. The summed E-state index contributed by atoms with van der Waals surface area (Å²) in [5.74, 6) is 0.129. The molecule has 0 aliphatic heterocycles. The minimum Gasteiger partial charge on any atom is -0.480 e. The van der Waals surface area contributed by atoms with E-state index < -0.39 is 7.06 Å². The third-order valence-electron chi connectivity index (χ3n) is 0.728. The Bertz CT molecular complexity index is 228. The van der Waals surface area contributed by atoms with Gasteiger partial charge in [0.05, 0.1) is 9.80 Å². The Labute approximate surface area is 60.4 Å². The summed E-state index contributed by atoms with van der Waals surface area (Å²) >= 11 is 5.43. The van der Waals surface area contributed by atoms with Crippen molar-refractivity contribution in [1.82, 2.24) is 10.2 Å². The summed E-state index contributed by atoms with van der Waals surface area (Å²) in [4.78, 5) is 0. The molecule has 4 heteroatoms. The lowest BCUT2D eigenvalue weighted by molar-refractivity contribution is 0.392. The lowest BCUT2D eigenvalue weighted by atomic mass is 10.6. The molecule has 0 fully saturated rings. The minimum atomic E-state index is -1.38. The van der Waals surface area contributed by atoms with Crippen molar-refractivity contribution in [3.8, 4) is 5.88 Å². The number of ether oxygens (including phenoxy) is 1. The smallest absolute Gasteiger partial charge is 0.233 e. The fraction of sp³-hybridized carbons (Fsp3) is 0.200. The number of hydrogen-bond donors (Lipinski definition) is 0. The van der Waals surface area contributed by atoms with Gasteiger partial charge in [0, 0.05) is 6.07 Å². The highest BCUT2D eigenvalue weighted by Gasteiger charge is 1.90. The van der Waals surface area contributed by atoms with E-state index in [1.807, 2.05) is 0 Å². The van der Waals surface area contributed by atoms with E-state index in [4.69, 9.17) is 14.3 Å². The summed E-state index contributed by atoms with van der Waals surface area (Å²) in [5, 5.41) is 7.18. The Morgan fingerprint density at radius 3 is 3.11 bits per heavy atom. The summed E-state index contributed by atoms with van der Waals surface area (Å²) in [7, 11) is -1.38. The molecular weight excluding hydrogens is 140 g/mol. The third kappa shape index (κ3) is 1.54. The highest BCUT2D eigenvalue weighted by molar-refractivity contribution is 6.29. The van der Waals surface area contributed by atoms with Crippen LogP contribution in [0.25, 0.3) is 0 Å². The Hall–Kier alpha value is -0.830. The number of hydrogen-bond acceptors (Lipinski definition) is 3. The summed E-state index contributed by atoms with van der Waals surface area (Å²) in [6.07, 6.45) is 0.